The second-order valence-corrected chi connectivity index (χ2v) is 12.6. The minimum atomic E-state index is -0.674. The van der Waals surface area contributed by atoms with Crippen LogP contribution in [-0.2, 0) is 4.79 Å². The van der Waals surface area contributed by atoms with Gasteiger partial charge >= 0.3 is 0 Å². The third-order valence-electron chi connectivity index (χ3n) is 8.53. The molecule has 0 aromatic carbocycles. The predicted octanol–water partition coefficient (Wildman–Crippen LogP) is 10.7. The van der Waals surface area contributed by atoms with Gasteiger partial charge in [-0.2, -0.15) is 0 Å². The third kappa shape index (κ3) is 30.4. The lowest BCUT2D eigenvalue weighted by Gasteiger charge is -2.22. The Bertz CT molecular complexity index is 550. The van der Waals surface area contributed by atoms with Crippen LogP contribution in [0.4, 0.5) is 0 Å². The van der Waals surface area contributed by atoms with Gasteiger partial charge in [-0.25, -0.2) is 0 Å². The predicted molar refractivity (Wildman–Crippen MR) is 179 cm³/mol. The van der Waals surface area contributed by atoms with Crippen LogP contribution >= 0.6 is 0 Å². The molecule has 244 valence electrons. The van der Waals surface area contributed by atoms with Gasteiger partial charge in [0.15, 0.2) is 0 Å². The second-order valence-electron chi connectivity index (χ2n) is 12.6. The van der Waals surface area contributed by atoms with Crippen molar-refractivity contribution in [3.63, 3.8) is 0 Å². The number of allylic oxidation sites excluding steroid dienone is 2. The summed E-state index contributed by atoms with van der Waals surface area (Å²) in [6.07, 6.45) is 39.9. The zero-order valence-electron chi connectivity index (χ0n) is 27.8. The van der Waals surface area contributed by atoms with E-state index < -0.39 is 12.1 Å². The molecule has 0 aromatic heterocycles. The number of aliphatic hydroxyl groups is 2. The number of amides is 1. The molecule has 3 N–H and O–H groups in total. The third-order valence-corrected chi connectivity index (χ3v) is 8.53. The maximum Gasteiger partial charge on any atom is 0.220 e. The molecule has 41 heavy (non-hydrogen) atoms. The molecule has 0 radical (unpaired) electrons. The van der Waals surface area contributed by atoms with Crippen molar-refractivity contribution in [3.05, 3.63) is 12.2 Å². The maximum atomic E-state index is 12.3. The van der Waals surface area contributed by atoms with Gasteiger partial charge in [-0.3, -0.25) is 4.79 Å². The zero-order chi connectivity index (χ0) is 30.1. The molecule has 0 heterocycles. The van der Waals surface area contributed by atoms with Crippen LogP contribution in [0, 0.1) is 0 Å². The molecule has 0 rings (SSSR count). The van der Waals surface area contributed by atoms with Crippen LogP contribution in [0.1, 0.15) is 200 Å². The topological polar surface area (TPSA) is 69.6 Å². The molecule has 0 aliphatic carbocycles. The number of carbonyl (C=O) groups excluding carboxylic acids is 1. The van der Waals surface area contributed by atoms with Crippen LogP contribution in [0.3, 0.4) is 0 Å². The van der Waals surface area contributed by atoms with E-state index in [0.29, 0.717) is 12.8 Å². The Labute approximate surface area is 256 Å². The summed E-state index contributed by atoms with van der Waals surface area (Å²) in [5, 5.41) is 22.9. The number of aliphatic hydroxyl groups excluding tert-OH is 2. The SMILES string of the molecule is CCCCC/C=C/CCCC[C@@H](O)[C@H](CO)NC(=O)CCCCCCCCCCCCCCCCCCCCCC. The van der Waals surface area contributed by atoms with E-state index in [4.69, 9.17) is 0 Å². The first kappa shape index (κ1) is 40.1. The van der Waals surface area contributed by atoms with Crippen LogP contribution in [-0.4, -0.2) is 34.9 Å². The van der Waals surface area contributed by atoms with Crippen molar-refractivity contribution in [2.24, 2.45) is 0 Å². The lowest BCUT2D eigenvalue weighted by molar-refractivity contribution is -0.123. The van der Waals surface area contributed by atoms with E-state index in [1.165, 1.54) is 135 Å². The molecule has 0 aliphatic rings. The molecular formula is C37H73NO3. The lowest BCUT2D eigenvalue weighted by Crippen LogP contribution is -2.45. The van der Waals surface area contributed by atoms with E-state index in [1.54, 1.807) is 0 Å². The zero-order valence-corrected chi connectivity index (χ0v) is 27.8. The van der Waals surface area contributed by atoms with Crippen LogP contribution in [0.2, 0.25) is 0 Å². The standard InChI is InChI=1S/C37H73NO3/c1-3-5-7-9-11-13-14-15-16-17-18-19-20-21-22-23-25-27-29-31-33-37(41)38-35(34-39)36(40)32-30-28-26-24-12-10-8-6-4-2/h12,24,35-36,39-40H,3-11,13-23,25-34H2,1-2H3,(H,38,41)/b24-12+/t35-,36+/m0/s1. The highest BCUT2D eigenvalue weighted by atomic mass is 16.3. The van der Waals surface area contributed by atoms with Crippen molar-refractivity contribution in [3.8, 4) is 0 Å². The molecule has 0 saturated heterocycles. The molecule has 0 spiro atoms. The number of carbonyl (C=O) groups is 1. The Kier molecular flexibility index (Phi) is 32.9. The molecule has 0 unspecified atom stereocenters. The first-order valence-electron chi connectivity index (χ1n) is 18.4. The van der Waals surface area contributed by atoms with Gasteiger partial charge in [0.1, 0.15) is 0 Å². The van der Waals surface area contributed by atoms with Gasteiger partial charge in [-0.1, -0.05) is 167 Å². The van der Waals surface area contributed by atoms with Crippen LogP contribution < -0.4 is 5.32 Å². The van der Waals surface area contributed by atoms with Crippen LogP contribution in [0.25, 0.3) is 0 Å². The first-order valence-corrected chi connectivity index (χ1v) is 18.4. The Balaban J connectivity index is 3.48. The van der Waals surface area contributed by atoms with Gasteiger partial charge in [-0.15, -0.1) is 0 Å². The summed E-state index contributed by atoms with van der Waals surface area (Å²) < 4.78 is 0. The fourth-order valence-electron chi connectivity index (χ4n) is 5.65. The van der Waals surface area contributed by atoms with Crippen molar-refractivity contribution in [2.45, 2.75) is 212 Å². The van der Waals surface area contributed by atoms with E-state index in [0.717, 1.165) is 38.5 Å². The molecule has 0 aliphatic heterocycles. The number of rotatable bonds is 33. The number of unbranched alkanes of at least 4 members (excludes halogenated alkanes) is 24. The van der Waals surface area contributed by atoms with E-state index in [9.17, 15) is 15.0 Å². The molecular weight excluding hydrogens is 506 g/mol. The molecule has 0 bridgehead atoms. The second kappa shape index (κ2) is 33.6. The van der Waals surface area contributed by atoms with Gasteiger partial charge in [0, 0.05) is 6.42 Å². The van der Waals surface area contributed by atoms with Crippen molar-refractivity contribution in [1.29, 1.82) is 0 Å². The van der Waals surface area contributed by atoms with E-state index in [-0.39, 0.29) is 12.5 Å². The molecule has 0 fully saturated rings. The first-order chi connectivity index (χ1) is 20.2. The molecule has 4 heteroatoms. The lowest BCUT2D eigenvalue weighted by atomic mass is 10.0. The highest BCUT2D eigenvalue weighted by Gasteiger charge is 2.19. The Hall–Kier alpha value is -0.870. The monoisotopic (exact) mass is 580 g/mol. The van der Waals surface area contributed by atoms with Crippen molar-refractivity contribution < 1.29 is 15.0 Å². The Morgan fingerprint density at radius 2 is 0.927 bits per heavy atom. The summed E-state index contributed by atoms with van der Waals surface area (Å²) in [5.74, 6) is -0.0412. The minimum absolute atomic E-state index is 0.0412. The molecule has 2 atom stereocenters. The average Bonchev–Trinajstić information content (AvgIpc) is 2.97. The summed E-state index contributed by atoms with van der Waals surface area (Å²) in [6.45, 7) is 4.30. The Morgan fingerprint density at radius 1 is 0.561 bits per heavy atom. The normalized spacial score (nSPS) is 13.2. The number of hydrogen-bond acceptors (Lipinski definition) is 3. The summed E-state index contributed by atoms with van der Waals surface area (Å²) >= 11 is 0. The highest BCUT2D eigenvalue weighted by Crippen LogP contribution is 2.15. The molecule has 0 aromatic rings. The van der Waals surface area contributed by atoms with Crippen molar-refractivity contribution in [1.82, 2.24) is 5.32 Å². The summed E-state index contributed by atoms with van der Waals surface area (Å²) in [6, 6.07) is -0.544. The maximum absolute atomic E-state index is 12.3. The fraction of sp³-hybridized carbons (Fsp3) is 0.919. The van der Waals surface area contributed by atoms with Crippen LogP contribution in [0.15, 0.2) is 12.2 Å². The largest absolute Gasteiger partial charge is 0.394 e. The Morgan fingerprint density at radius 3 is 1.34 bits per heavy atom. The van der Waals surface area contributed by atoms with Gasteiger partial charge in [0.25, 0.3) is 0 Å². The fourth-order valence-corrected chi connectivity index (χ4v) is 5.65. The van der Waals surface area contributed by atoms with Gasteiger partial charge in [0.05, 0.1) is 18.8 Å². The smallest absolute Gasteiger partial charge is 0.220 e. The molecule has 1 amide bonds. The van der Waals surface area contributed by atoms with Crippen molar-refractivity contribution in [2.75, 3.05) is 6.61 Å². The van der Waals surface area contributed by atoms with E-state index in [1.807, 2.05) is 0 Å². The van der Waals surface area contributed by atoms with Gasteiger partial charge < -0.3 is 15.5 Å². The molecule has 0 saturated carbocycles. The van der Waals surface area contributed by atoms with E-state index >= 15 is 0 Å². The summed E-state index contributed by atoms with van der Waals surface area (Å²) in [7, 11) is 0. The van der Waals surface area contributed by atoms with Gasteiger partial charge in [0.2, 0.25) is 5.91 Å². The number of hydrogen-bond donors (Lipinski definition) is 3. The minimum Gasteiger partial charge on any atom is -0.394 e. The highest BCUT2D eigenvalue weighted by molar-refractivity contribution is 5.76. The summed E-state index contributed by atoms with van der Waals surface area (Å²) in [5.41, 5.74) is 0. The van der Waals surface area contributed by atoms with Gasteiger partial charge in [-0.05, 0) is 38.5 Å². The molecule has 4 nitrogen and oxygen atoms in total. The average molecular weight is 580 g/mol. The van der Waals surface area contributed by atoms with E-state index in [2.05, 4.69) is 31.3 Å². The summed E-state index contributed by atoms with van der Waals surface area (Å²) in [4.78, 5) is 12.3. The number of nitrogens with one attached hydrogen (secondary N) is 1. The van der Waals surface area contributed by atoms with Crippen molar-refractivity contribution >= 4 is 5.91 Å². The quantitative estimate of drug-likeness (QED) is 0.0535. The van der Waals surface area contributed by atoms with Crippen LogP contribution in [0.5, 0.6) is 0 Å².